The molecule has 4 aromatic carbocycles. The van der Waals surface area contributed by atoms with Crippen molar-refractivity contribution in [3.63, 3.8) is 0 Å². The lowest BCUT2D eigenvalue weighted by Gasteiger charge is -2.13. The van der Waals surface area contributed by atoms with Crippen molar-refractivity contribution in [1.82, 2.24) is 9.97 Å². The molecule has 0 radical (unpaired) electrons. The molecule has 5 aromatic rings. The molecule has 1 aromatic heterocycles. The second-order valence-corrected chi connectivity index (χ2v) is 8.86. The Labute approximate surface area is 222 Å². The number of nitrogens with one attached hydrogen (secondary N) is 1. The first-order chi connectivity index (χ1) is 18.7. The van der Waals surface area contributed by atoms with Gasteiger partial charge in [0.05, 0.1) is 11.1 Å². The zero-order chi connectivity index (χ0) is 27.6. The maximum Gasteiger partial charge on any atom is 0.417 e. The molecule has 39 heavy (non-hydrogen) atoms. The maximum absolute atomic E-state index is 13.8. The number of benzene rings is 4. The Balaban J connectivity index is 1.43. The van der Waals surface area contributed by atoms with E-state index in [9.17, 15) is 18.0 Å². The Hall–Kier alpha value is -5.16. The number of hydrogen-bond acceptors (Lipinski definition) is 4. The third kappa shape index (κ3) is 5.73. The summed E-state index contributed by atoms with van der Waals surface area (Å²) in [6.07, 6.45) is -3.03. The lowest BCUT2D eigenvalue weighted by Crippen LogP contribution is -2.14. The number of nitrogen functional groups attached to an aromatic ring is 1. The fraction of sp³-hybridized carbons (Fsp3) is 0.0645. The molecule has 0 unspecified atom stereocenters. The summed E-state index contributed by atoms with van der Waals surface area (Å²) in [7, 11) is 0. The molecule has 0 aliphatic heterocycles. The van der Waals surface area contributed by atoms with Crippen LogP contribution in [0.15, 0.2) is 91.1 Å². The van der Waals surface area contributed by atoms with Gasteiger partial charge in [-0.05, 0) is 78.2 Å². The number of amides is 1. The van der Waals surface area contributed by atoms with E-state index < -0.39 is 17.6 Å². The van der Waals surface area contributed by atoms with Crippen molar-refractivity contribution < 1.29 is 18.0 Å². The van der Waals surface area contributed by atoms with Crippen molar-refractivity contribution in [2.24, 2.45) is 0 Å². The summed E-state index contributed by atoms with van der Waals surface area (Å²) < 4.78 is 41.5. The molecule has 3 N–H and O–H groups in total. The first kappa shape index (κ1) is 25.5. The van der Waals surface area contributed by atoms with E-state index in [0.29, 0.717) is 16.6 Å². The number of halogens is 3. The lowest BCUT2D eigenvalue weighted by atomic mass is 9.97. The van der Waals surface area contributed by atoms with Crippen LogP contribution < -0.4 is 11.1 Å². The number of aryl methyl sites for hydroxylation is 1. The molecule has 1 heterocycles. The fourth-order valence-corrected chi connectivity index (χ4v) is 4.12. The summed E-state index contributed by atoms with van der Waals surface area (Å²) in [6, 6.07) is 23.0. The van der Waals surface area contributed by atoms with Gasteiger partial charge in [-0.15, -0.1) is 0 Å². The van der Waals surface area contributed by atoms with Gasteiger partial charge in [0.2, 0.25) is 5.95 Å². The molecule has 0 saturated carbocycles. The molecule has 5 rings (SSSR count). The first-order valence-corrected chi connectivity index (χ1v) is 11.9. The van der Waals surface area contributed by atoms with Crippen LogP contribution in [0.4, 0.5) is 24.8 Å². The van der Waals surface area contributed by atoms with Gasteiger partial charge in [0.15, 0.2) is 0 Å². The molecular formula is C31H21F3N4O. The Bertz CT molecular complexity index is 1770. The SMILES string of the molecule is Cc1ccc(C(=O)Nc2ccc(C#Cc3ccccc3)c(C(F)(F)F)c2)cc1-c1ccc2nc(N)ncc2c1. The van der Waals surface area contributed by atoms with E-state index in [4.69, 9.17) is 5.73 Å². The van der Waals surface area contributed by atoms with E-state index in [1.165, 1.54) is 12.1 Å². The highest BCUT2D eigenvalue weighted by molar-refractivity contribution is 6.05. The van der Waals surface area contributed by atoms with Crippen LogP contribution in [0.5, 0.6) is 0 Å². The standard InChI is InChI=1S/C31H21F3N4O/c1-19-7-9-23(16-26(19)22-12-14-28-24(15-22)18-36-30(35)38-28)29(39)37-25-13-11-21(27(17-25)31(32,33)34)10-8-20-5-3-2-4-6-20/h2-7,9,11-18H,1H3,(H,37,39)(H2,35,36,38). The van der Waals surface area contributed by atoms with Crippen LogP contribution in [-0.2, 0) is 6.18 Å². The summed E-state index contributed by atoms with van der Waals surface area (Å²) in [4.78, 5) is 21.3. The van der Waals surface area contributed by atoms with Gasteiger partial charge in [0, 0.05) is 34.0 Å². The molecule has 5 nitrogen and oxygen atoms in total. The number of rotatable bonds is 3. The van der Waals surface area contributed by atoms with E-state index in [2.05, 4.69) is 27.1 Å². The van der Waals surface area contributed by atoms with Gasteiger partial charge in [-0.1, -0.05) is 42.2 Å². The van der Waals surface area contributed by atoms with Gasteiger partial charge in [-0.25, -0.2) is 9.97 Å². The largest absolute Gasteiger partial charge is 0.417 e. The number of fused-ring (bicyclic) bond motifs is 1. The van der Waals surface area contributed by atoms with Crippen LogP contribution in [0.3, 0.4) is 0 Å². The normalized spacial score (nSPS) is 11.1. The fourth-order valence-electron chi connectivity index (χ4n) is 4.12. The van der Waals surface area contributed by atoms with Gasteiger partial charge in [-0.2, -0.15) is 13.2 Å². The predicted molar refractivity (Wildman–Crippen MR) is 146 cm³/mol. The van der Waals surface area contributed by atoms with Crippen molar-refractivity contribution in [2.45, 2.75) is 13.1 Å². The van der Waals surface area contributed by atoms with Crippen LogP contribution in [0.25, 0.3) is 22.0 Å². The van der Waals surface area contributed by atoms with Crippen molar-refractivity contribution in [2.75, 3.05) is 11.1 Å². The van der Waals surface area contributed by atoms with Crippen LogP contribution in [0.2, 0.25) is 0 Å². The van der Waals surface area contributed by atoms with Crippen LogP contribution in [-0.4, -0.2) is 15.9 Å². The van der Waals surface area contributed by atoms with Crippen LogP contribution >= 0.6 is 0 Å². The van der Waals surface area contributed by atoms with Crippen molar-refractivity contribution in [1.29, 1.82) is 0 Å². The average Bonchev–Trinajstić information content (AvgIpc) is 2.92. The smallest absolute Gasteiger partial charge is 0.368 e. The molecule has 192 valence electrons. The number of carbonyl (C=O) groups is 1. The minimum atomic E-state index is -4.65. The number of alkyl halides is 3. The maximum atomic E-state index is 13.8. The van der Waals surface area contributed by atoms with Crippen LogP contribution in [0, 0.1) is 18.8 Å². The molecule has 0 saturated heterocycles. The van der Waals surface area contributed by atoms with Crippen molar-refractivity contribution in [3.05, 3.63) is 119 Å². The highest BCUT2D eigenvalue weighted by Crippen LogP contribution is 2.34. The molecule has 0 spiro atoms. The molecule has 8 heteroatoms. The van der Waals surface area contributed by atoms with E-state index in [0.717, 1.165) is 28.1 Å². The topological polar surface area (TPSA) is 80.9 Å². The number of nitrogens with two attached hydrogens (primary N) is 1. The highest BCUT2D eigenvalue weighted by atomic mass is 19.4. The molecule has 0 bridgehead atoms. The number of hydrogen-bond donors (Lipinski definition) is 2. The monoisotopic (exact) mass is 522 g/mol. The number of anilines is 2. The molecule has 1 amide bonds. The molecular weight excluding hydrogens is 501 g/mol. The lowest BCUT2D eigenvalue weighted by molar-refractivity contribution is -0.137. The van der Waals surface area contributed by atoms with Gasteiger partial charge in [0.1, 0.15) is 0 Å². The first-order valence-electron chi connectivity index (χ1n) is 11.9. The van der Waals surface area contributed by atoms with Crippen molar-refractivity contribution >= 4 is 28.4 Å². The Morgan fingerprint density at radius 2 is 1.72 bits per heavy atom. The quantitative estimate of drug-likeness (QED) is 0.254. The second-order valence-electron chi connectivity index (χ2n) is 8.86. The third-order valence-electron chi connectivity index (χ3n) is 6.11. The number of nitrogens with zero attached hydrogens (tertiary/aromatic N) is 2. The minimum Gasteiger partial charge on any atom is -0.368 e. The Morgan fingerprint density at radius 1 is 0.923 bits per heavy atom. The summed E-state index contributed by atoms with van der Waals surface area (Å²) in [5, 5.41) is 3.37. The average molecular weight is 523 g/mol. The minimum absolute atomic E-state index is 0.0140. The zero-order valence-corrected chi connectivity index (χ0v) is 20.7. The molecule has 0 aliphatic carbocycles. The van der Waals surface area contributed by atoms with Gasteiger partial charge >= 0.3 is 6.18 Å². The van der Waals surface area contributed by atoms with Crippen molar-refractivity contribution in [3.8, 4) is 23.0 Å². The Morgan fingerprint density at radius 3 is 2.49 bits per heavy atom. The van der Waals surface area contributed by atoms with Crippen LogP contribution in [0.1, 0.15) is 32.6 Å². The molecule has 0 atom stereocenters. The highest BCUT2D eigenvalue weighted by Gasteiger charge is 2.33. The predicted octanol–water partition coefficient (Wildman–Crippen LogP) is 6.86. The van der Waals surface area contributed by atoms with E-state index in [1.807, 2.05) is 25.1 Å². The summed E-state index contributed by atoms with van der Waals surface area (Å²) in [6.45, 7) is 1.91. The second kappa shape index (κ2) is 10.3. The Kier molecular flexibility index (Phi) is 6.73. The number of aromatic nitrogens is 2. The summed E-state index contributed by atoms with van der Waals surface area (Å²) >= 11 is 0. The van der Waals surface area contributed by atoms with Gasteiger partial charge < -0.3 is 11.1 Å². The van der Waals surface area contributed by atoms with Gasteiger partial charge in [-0.3, -0.25) is 4.79 Å². The van der Waals surface area contributed by atoms with E-state index in [-0.39, 0.29) is 17.2 Å². The molecule has 0 fully saturated rings. The van der Waals surface area contributed by atoms with E-state index >= 15 is 0 Å². The number of carbonyl (C=O) groups excluding carboxylic acids is 1. The third-order valence-corrected chi connectivity index (χ3v) is 6.11. The molecule has 0 aliphatic rings. The summed E-state index contributed by atoms with van der Waals surface area (Å²) in [5.74, 6) is 4.98. The van der Waals surface area contributed by atoms with Gasteiger partial charge in [0.25, 0.3) is 5.91 Å². The summed E-state index contributed by atoms with van der Waals surface area (Å²) in [5.41, 5.74) is 8.71. The zero-order valence-electron chi connectivity index (χ0n) is 20.7. The van der Waals surface area contributed by atoms with E-state index in [1.54, 1.807) is 54.7 Å².